The van der Waals surface area contributed by atoms with Crippen molar-refractivity contribution in [1.82, 2.24) is 0 Å². The largest absolute Gasteiger partial charge is 0.395 e. The van der Waals surface area contributed by atoms with E-state index in [1.807, 2.05) is 0 Å². The Morgan fingerprint density at radius 2 is 1.50 bits per heavy atom. The number of aliphatic hydroxyl groups is 1. The van der Waals surface area contributed by atoms with Crippen LogP contribution in [0.4, 0.5) is 22.7 Å². The van der Waals surface area contributed by atoms with Gasteiger partial charge in [0.2, 0.25) is 0 Å². The summed E-state index contributed by atoms with van der Waals surface area (Å²) in [6, 6.07) is 1.30. The first-order valence-corrected chi connectivity index (χ1v) is 5.22. The molecule has 0 amide bonds. The van der Waals surface area contributed by atoms with Crippen LogP contribution in [-0.4, -0.2) is 40.1 Å². The first-order valence-electron chi connectivity index (χ1n) is 5.22. The van der Waals surface area contributed by atoms with Gasteiger partial charge in [-0.3, -0.25) is 30.3 Å². The zero-order valence-corrected chi connectivity index (χ0v) is 10.3. The Hall–Kier alpha value is -2.82. The molecule has 0 unspecified atom stereocenters. The molecule has 11 heteroatoms. The lowest BCUT2D eigenvalue weighted by Crippen LogP contribution is -2.23. The Balaban J connectivity index is 3.63. The first kappa shape index (κ1) is 15.2. The summed E-state index contributed by atoms with van der Waals surface area (Å²) in [4.78, 5) is 30.8. The molecule has 11 nitrogen and oxygen atoms in total. The SMILES string of the molecule is CN(CCO)c1c([N+](=O)[O-])cc([N+](=O)[O-])cc1[N+](=O)[O-]. The summed E-state index contributed by atoms with van der Waals surface area (Å²) >= 11 is 0. The van der Waals surface area contributed by atoms with Gasteiger partial charge in [0.05, 0.1) is 33.5 Å². The van der Waals surface area contributed by atoms with E-state index in [-0.39, 0.29) is 18.8 Å². The summed E-state index contributed by atoms with van der Waals surface area (Å²) in [5.74, 6) is 0. The average Bonchev–Trinajstić information content (AvgIpc) is 2.36. The predicted octanol–water partition coefficient (Wildman–Crippen LogP) is 0.840. The summed E-state index contributed by atoms with van der Waals surface area (Å²) in [5.41, 5.74) is -2.66. The minimum Gasteiger partial charge on any atom is -0.395 e. The molecule has 0 aliphatic rings. The molecule has 108 valence electrons. The fourth-order valence-corrected chi connectivity index (χ4v) is 1.63. The molecular formula is C9H10N4O7. The number of hydrogen-bond acceptors (Lipinski definition) is 8. The number of likely N-dealkylation sites (N-methyl/N-ethyl adjacent to an activating group) is 1. The van der Waals surface area contributed by atoms with Crippen LogP contribution in [0, 0.1) is 30.3 Å². The zero-order valence-electron chi connectivity index (χ0n) is 10.3. The number of benzene rings is 1. The highest BCUT2D eigenvalue weighted by Crippen LogP contribution is 2.40. The normalized spacial score (nSPS) is 10.1. The van der Waals surface area contributed by atoms with E-state index in [1.54, 1.807) is 0 Å². The van der Waals surface area contributed by atoms with Crippen LogP contribution in [-0.2, 0) is 0 Å². The van der Waals surface area contributed by atoms with Gasteiger partial charge in [-0.05, 0) is 0 Å². The van der Waals surface area contributed by atoms with Gasteiger partial charge in [0.25, 0.3) is 5.69 Å². The van der Waals surface area contributed by atoms with E-state index in [2.05, 4.69) is 0 Å². The van der Waals surface area contributed by atoms with Crippen LogP contribution in [0.1, 0.15) is 0 Å². The van der Waals surface area contributed by atoms with Crippen LogP contribution < -0.4 is 4.90 Å². The van der Waals surface area contributed by atoms with Gasteiger partial charge in [0.15, 0.2) is 5.69 Å². The van der Waals surface area contributed by atoms with Crippen LogP contribution >= 0.6 is 0 Å². The summed E-state index contributed by atoms with van der Waals surface area (Å²) in [6.07, 6.45) is 0. The fourth-order valence-electron chi connectivity index (χ4n) is 1.63. The van der Waals surface area contributed by atoms with Gasteiger partial charge in [-0.25, -0.2) is 0 Å². The van der Waals surface area contributed by atoms with Gasteiger partial charge in [-0.1, -0.05) is 0 Å². The number of hydrogen-bond donors (Lipinski definition) is 1. The summed E-state index contributed by atoms with van der Waals surface area (Å²) in [7, 11) is 1.30. The van der Waals surface area contributed by atoms with E-state index in [0.29, 0.717) is 12.1 Å². The van der Waals surface area contributed by atoms with Crippen LogP contribution in [0.2, 0.25) is 0 Å². The fraction of sp³-hybridized carbons (Fsp3) is 0.333. The van der Waals surface area contributed by atoms with Crippen LogP contribution in [0.25, 0.3) is 0 Å². The topological polar surface area (TPSA) is 153 Å². The highest BCUT2D eigenvalue weighted by molar-refractivity contribution is 5.78. The molecule has 0 bridgehead atoms. The average molecular weight is 286 g/mol. The summed E-state index contributed by atoms with van der Waals surface area (Å²) in [5, 5.41) is 41.4. The minimum absolute atomic E-state index is 0.0977. The maximum Gasteiger partial charge on any atom is 0.306 e. The predicted molar refractivity (Wildman–Crippen MR) is 66.8 cm³/mol. The van der Waals surface area contributed by atoms with Crippen molar-refractivity contribution in [2.75, 3.05) is 25.1 Å². The Kier molecular flexibility index (Phi) is 4.48. The van der Waals surface area contributed by atoms with Crippen molar-refractivity contribution in [2.45, 2.75) is 0 Å². The Morgan fingerprint density at radius 1 is 1.05 bits per heavy atom. The van der Waals surface area contributed by atoms with Crippen molar-refractivity contribution in [3.8, 4) is 0 Å². The molecule has 0 aliphatic carbocycles. The van der Waals surface area contributed by atoms with E-state index in [0.717, 1.165) is 4.90 Å². The molecule has 0 heterocycles. The first-order chi connectivity index (χ1) is 9.29. The molecule has 0 fully saturated rings. The van der Waals surface area contributed by atoms with Gasteiger partial charge < -0.3 is 10.0 Å². The Morgan fingerprint density at radius 3 is 1.80 bits per heavy atom. The summed E-state index contributed by atoms with van der Waals surface area (Å²) < 4.78 is 0. The van der Waals surface area contributed by atoms with Crippen LogP contribution in [0.3, 0.4) is 0 Å². The van der Waals surface area contributed by atoms with Crippen molar-refractivity contribution in [2.24, 2.45) is 0 Å². The molecule has 0 saturated carbocycles. The van der Waals surface area contributed by atoms with Gasteiger partial charge in [0, 0.05) is 13.6 Å². The molecule has 0 spiro atoms. The lowest BCUT2D eigenvalue weighted by Gasteiger charge is -2.17. The number of aliphatic hydroxyl groups excluding tert-OH is 1. The van der Waals surface area contributed by atoms with Gasteiger partial charge in [0.1, 0.15) is 0 Å². The van der Waals surface area contributed by atoms with E-state index in [4.69, 9.17) is 5.11 Å². The van der Waals surface area contributed by atoms with Crippen molar-refractivity contribution in [3.05, 3.63) is 42.5 Å². The van der Waals surface area contributed by atoms with Gasteiger partial charge in [-0.2, -0.15) is 0 Å². The molecule has 0 radical (unpaired) electrons. The maximum absolute atomic E-state index is 11.0. The van der Waals surface area contributed by atoms with Crippen molar-refractivity contribution in [3.63, 3.8) is 0 Å². The smallest absolute Gasteiger partial charge is 0.306 e. The summed E-state index contributed by atoms with van der Waals surface area (Å²) in [6.45, 7) is -0.485. The molecule has 0 aromatic heterocycles. The van der Waals surface area contributed by atoms with Gasteiger partial charge >= 0.3 is 11.4 Å². The molecule has 0 atom stereocenters. The number of nitro groups is 3. The number of rotatable bonds is 6. The zero-order chi connectivity index (χ0) is 15.4. The standard InChI is InChI=1S/C9H10N4O7/c1-10(2-3-14)9-7(12(17)18)4-6(11(15)16)5-8(9)13(19)20/h4-5,14H,2-3H2,1H3. The third-order valence-corrected chi connectivity index (χ3v) is 2.48. The lowest BCUT2D eigenvalue weighted by atomic mass is 10.2. The lowest BCUT2D eigenvalue weighted by molar-refractivity contribution is -0.402. The number of nitro benzene ring substituents is 3. The van der Waals surface area contributed by atoms with E-state index >= 15 is 0 Å². The molecule has 20 heavy (non-hydrogen) atoms. The van der Waals surface area contributed by atoms with Crippen molar-refractivity contribution >= 4 is 22.7 Å². The van der Waals surface area contributed by atoms with E-state index in [1.165, 1.54) is 7.05 Å². The molecular weight excluding hydrogens is 276 g/mol. The molecule has 0 saturated heterocycles. The monoisotopic (exact) mass is 286 g/mol. The quantitative estimate of drug-likeness (QED) is 0.596. The third kappa shape index (κ3) is 2.95. The van der Waals surface area contributed by atoms with E-state index in [9.17, 15) is 30.3 Å². The van der Waals surface area contributed by atoms with E-state index < -0.39 is 31.8 Å². The maximum atomic E-state index is 11.0. The molecule has 0 aliphatic heterocycles. The van der Waals surface area contributed by atoms with Crippen molar-refractivity contribution in [1.29, 1.82) is 0 Å². The highest BCUT2D eigenvalue weighted by atomic mass is 16.6. The minimum atomic E-state index is -0.949. The third-order valence-electron chi connectivity index (χ3n) is 2.48. The Labute approximate surface area is 111 Å². The molecule has 1 rings (SSSR count). The number of anilines is 1. The van der Waals surface area contributed by atoms with Crippen LogP contribution in [0.15, 0.2) is 12.1 Å². The molecule has 1 N–H and O–H groups in total. The molecule has 1 aromatic rings. The van der Waals surface area contributed by atoms with Gasteiger partial charge in [-0.15, -0.1) is 0 Å². The Bertz CT molecular complexity index is 538. The number of nitrogens with zero attached hydrogens (tertiary/aromatic N) is 4. The molecule has 1 aromatic carbocycles. The second kappa shape index (κ2) is 5.88. The van der Waals surface area contributed by atoms with Crippen molar-refractivity contribution < 1.29 is 19.9 Å². The second-order valence-corrected chi connectivity index (χ2v) is 3.75. The second-order valence-electron chi connectivity index (χ2n) is 3.75. The number of non-ortho nitro benzene ring substituents is 1. The highest BCUT2D eigenvalue weighted by Gasteiger charge is 2.32. The van der Waals surface area contributed by atoms with Crippen LogP contribution in [0.5, 0.6) is 0 Å².